The van der Waals surface area contributed by atoms with Gasteiger partial charge in [0.15, 0.2) is 0 Å². The highest BCUT2D eigenvalue weighted by molar-refractivity contribution is 6.30. The van der Waals surface area contributed by atoms with E-state index >= 15 is 0 Å². The zero-order chi connectivity index (χ0) is 25.8. The Labute approximate surface area is 216 Å². The third-order valence-corrected chi connectivity index (χ3v) is 6.71. The molecule has 36 heavy (non-hydrogen) atoms. The predicted molar refractivity (Wildman–Crippen MR) is 144 cm³/mol. The van der Waals surface area contributed by atoms with Gasteiger partial charge in [-0.05, 0) is 49.6 Å². The van der Waals surface area contributed by atoms with Crippen LogP contribution in [0.3, 0.4) is 0 Å². The van der Waals surface area contributed by atoms with Crippen LogP contribution in [0, 0.1) is 6.92 Å². The molecule has 2 aromatic heterocycles. The summed E-state index contributed by atoms with van der Waals surface area (Å²) in [5, 5.41) is 0.445. The Morgan fingerprint density at radius 2 is 1.72 bits per heavy atom. The van der Waals surface area contributed by atoms with E-state index in [1.165, 1.54) is 4.40 Å². The average Bonchev–Trinajstić information content (AvgIpc) is 2.89. The third-order valence-electron chi connectivity index (χ3n) is 6.48. The molecule has 186 valence electrons. The van der Waals surface area contributed by atoms with Crippen molar-refractivity contribution < 1.29 is 4.79 Å². The summed E-state index contributed by atoms with van der Waals surface area (Å²) in [5.74, 6) is -0.181. The van der Waals surface area contributed by atoms with E-state index in [2.05, 4.69) is 0 Å². The van der Waals surface area contributed by atoms with Crippen molar-refractivity contribution in [2.24, 2.45) is 5.73 Å². The summed E-state index contributed by atoms with van der Waals surface area (Å²) in [6.07, 6.45) is 2.52. The maximum Gasteiger partial charge on any atom is 0.261 e. The van der Waals surface area contributed by atoms with Gasteiger partial charge in [-0.25, -0.2) is 4.98 Å². The van der Waals surface area contributed by atoms with E-state index in [-0.39, 0.29) is 11.5 Å². The zero-order valence-corrected chi connectivity index (χ0v) is 21.6. The van der Waals surface area contributed by atoms with Gasteiger partial charge in [-0.1, -0.05) is 73.5 Å². The second-order valence-corrected chi connectivity index (χ2v) is 9.43. The Balaban J connectivity index is 1.92. The van der Waals surface area contributed by atoms with Gasteiger partial charge in [0, 0.05) is 23.7 Å². The molecule has 0 aliphatic carbocycles. The molecule has 2 N–H and O–H groups in total. The number of hydrogen-bond donors (Lipinski definition) is 1. The molecule has 0 bridgehead atoms. The van der Waals surface area contributed by atoms with E-state index in [9.17, 15) is 9.59 Å². The Morgan fingerprint density at radius 3 is 2.36 bits per heavy atom. The molecule has 1 amide bonds. The maximum absolute atomic E-state index is 13.8. The summed E-state index contributed by atoms with van der Waals surface area (Å²) in [7, 11) is 0. The number of carbonyl (C=O) groups excluding carboxylic acids is 1. The topological polar surface area (TPSA) is 80.7 Å². The van der Waals surface area contributed by atoms with Crippen LogP contribution in [0.4, 0.5) is 0 Å². The smallest absolute Gasteiger partial charge is 0.261 e. The Bertz CT molecular complexity index is 1420. The molecule has 7 heteroatoms. The first-order valence-corrected chi connectivity index (χ1v) is 12.6. The first-order chi connectivity index (χ1) is 17.3. The van der Waals surface area contributed by atoms with Crippen LogP contribution in [0.1, 0.15) is 65.5 Å². The van der Waals surface area contributed by atoms with Gasteiger partial charge < -0.3 is 10.6 Å². The predicted octanol–water partition coefficient (Wildman–Crippen LogP) is 5.54. The van der Waals surface area contributed by atoms with Crippen molar-refractivity contribution in [1.82, 2.24) is 14.3 Å². The zero-order valence-electron chi connectivity index (χ0n) is 20.8. The highest BCUT2D eigenvalue weighted by atomic mass is 35.5. The van der Waals surface area contributed by atoms with Gasteiger partial charge in [-0.3, -0.25) is 14.0 Å². The number of hydrogen-bond acceptors (Lipinski definition) is 4. The van der Waals surface area contributed by atoms with Crippen molar-refractivity contribution in [1.29, 1.82) is 0 Å². The molecular weight excluding hydrogens is 472 g/mol. The monoisotopic (exact) mass is 502 g/mol. The SMILES string of the molecule is CCC(N)N(C(=O)c1ccc(C)cc1)C(CC)c1nc2ccc(Cl)cn2c(=O)c1Cc1ccccc1. The van der Waals surface area contributed by atoms with Crippen LogP contribution in [0.5, 0.6) is 0 Å². The van der Waals surface area contributed by atoms with Crippen LogP contribution in [0.25, 0.3) is 5.65 Å². The van der Waals surface area contributed by atoms with E-state index in [0.717, 1.165) is 11.1 Å². The molecule has 0 aliphatic heterocycles. The number of halogens is 1. The fourth-order valence-electron chi connectivity index (χ4n) is 4.50. The molecule has 0 fully saturated rings. The van der Waals surface area contributed by atoms with Gasteiger partial charge in [0.1, 0.15) is 5.65 Å². The first kappa shape index (κ1) is 25.6. The molecule has 4 aromatic rings. The van der Waals surface area contributed by atoms with Crippen molar-refractivity contribution in [3.8, 4) is 0 Å². The standard InChI is InChI=1S/C29H31ClN4O2/c1-4-24(34(25(31)5-2)28(35)21-13-11-19(3)12-14-21)27-23(17-20-9-7-6-8-10-20)29(36)33-18-22(30)15-16-26(33)32-27/h6-16,18,24-25H,4-5,17,31H2,1-3H3. The molecule has 0 saturated carbocycles. The fourth-order valence-corrected chi connectivity index (χ4v) is 4.66. The van der Waals surface area contributed by atoms with Crippen LogP contribution < -0.4 is 11.3 Å². The molecule has 6 nitrogen and oxygen atoms in total. The molecule has 2 aromatic carbocycles. The van der Waals surface area contributed by atoms with Gasteiger partial charge in [0.2, 0.25) is 0 Å². The highest BCUT2D eigenvalue weighted by Crippen LogP contribution is 2.30. The quantitative estimate of drug-likeness (QED) is 0.321. The molecule has 4 rings (SSSR count). The maximum atomic E-state index is 13.8. The number of amides is 1. The average molecular weight is 503 g/mol. The van der Waals surface area contributed by atoms with Gasteiger partial charge >= 0.3 is 0 Å². The molecule has 2 unspecified atom stereocenters. The third kappa shape index (κ3) is 5.20. The molecule has 0 saturated heterocycles. The number of aryl methyl sites for hydroxylation is 1. The summed E-state index contributed by atoms with van der Waals surface area (Å²) in [5.41, 5.74) is 10.5. The summed E-state index contributed by atoms with van der Waals surface area (Å²) < 4.78 is 1.47. The first-order valence-electron chi connectivity index (χ1n) is 12.2. The van der Waals surface area contributed by atoms with E-state index < -0.39 is 12.2 Å². The lowest BCUT2D eigenvalue weighted by Crippen LogP contribution is -2.48. The van der Waals surface area contributed by atoms with Crippen molar-refractivity contribution in [2.45, 2.75) is 52.2 Å². The summed E-state index contributed by atoms with van der Waals surface area (Å²) >= 11 is 6.21. The minimum atomic E-state index is -0.543. The molecule has 0 radical (unpaired) electrons. The van der Waals surface area contributed by atoms with Crippen LogP contribution in [0.15, 0.2) is 77.7 Å². The van der Waals surface area contributed by atoms with E-state index in [1.54, 1.807) is 23.2 Å². The number of pyridine rings is 1. The highest BCUT2D eigenvalue weighted by Gasteiger charge is 2.32. The number of rotatable bonds is 8. The number of nitrogens with two attached hydrogens (primary N) is 1. The second kappa shape index (κ2) is 11.1. The number of benzene rings is 2. The van der Waals surface area contributed by atoms with Crippen molar-refractivity contribution in [2.75, 3.05) is 0 Å². The molecular formula is C29H31ClN4O2. The minimum Gasteiger partial charge on any atom is -0.315 e. The van der Waals surface area contributed by atoms with Gasteiger partial charge in [0.25, 0.3) is 11.5 Å². The number of nitrogens with zero attached hydrogens (tertiary/aromatic N) is 3. The lowest BCUT2D eigenvalue weighted by atomic mass is 9.97. The van der Waals surface area contributed by atoms with Gasteiger partial charge in [-0.15, -0.1) is 0 Å². The lowest BCUT2D eigenvalue weighted by molar-refractivity contribution is 0.0552. The van der Waals surface area contributed by atoms with E-state index in [0.29, 0.717) is 46.8 Å². The molecule has 2 heterocycles. The number of aromatic nitrogens is 2. The number of carbonyl (C=O) groups is 1. The van der Waals surface area contributed by atoms with Crippen molar-refractivity contribution in [3.05, 3.63) is 116 Å². The van der Waals surface area contributed by atoms with Crippen LogP contribution >= 0.6 is 11.6 Å². The molecule has 2 atom stereocenters. The Kier molecular flexibility index (Phi) is 7.87. The van der Waals surface area contributed by atoms with Crippen LogP contribution in [0.2, 0.25) is 5.02 Å². The van der Waals surface area contributed by atoms with E-state index in [4.69, 9.17) is 22.3 Å². The van der Waals surface area contributed by atoms with Gasteiger partial charge in [-0.2, -0.15) is 0 Å². The van der Waals surface area contributed by atoms with E-state index in [1.807, 2.05) is 75.4 Å². The Morgan fingerprint density at radius 1 is 1.03 bits per heavy atom. The Hall–Kier alpha value is -3.48. The summed E-state index contributed by atoms with van der Waals surface area (Å²) in [4.78, 5) is 34.2. The van der Waals surface area contributed by atoms with Crippen molar-refractivity contribution in [3.63, 3.8) is 0 Å². The number of fused-ring (bicyclic) bond motifs is 1. The largest absolute Gasteiger partial charge is 0.315 e. The summed E-state index contributed by atoms with van der Waals surface area (Å²) in [6.45, 7) is 5.91. The fraction of sp³-hybridized carbons (Fsp3) is 0.276. The molecule has 0 aliphatic rings. The summed E-state index contributed by atoms with van der Waals surface area (Å²) in [6, 6.07) is 20.2. The normalized spacial score (nSPS) is 12.9. The lowest BCUT2D eigenvalue weighted by Gasteiger charge is -2.36. The second-order valence-electron chi connectivity index (χ2n) is 9.00. The minimum absolute atomic E-state index is 0.181. The molecule has 0 spiro atoms. The van der Waals surface area contributed by atoms with Crippen LogP contribution in [-0.4, -0.2) is 26.4 Å². The van der Waals surface area contributed by atoms with Gasteiger partial charge in [0.05, 0.1) is 22.9 Å². The van der Waals surface area contributed by atoms with Crippen LogP contribution in [-0.2, 0) is 6.42 Å². The van der Waals surface area contributed by atoms with Crippen molar-refractivity contribution >= 4 is 23.2 Å².